The van der Waals surface area contributed by atoms with Crippen LogP contribution >= 0.6 is 0 Å². The van der Waals surface area contributed by atoms with Crippen LogP contribution in [0, 0.1) is 12.8 Å². The van der Waals surface area contributed by atoms with Gasteiger partial charge in [-0.15, -0.1) is 0 Å². The molecule has 2 N–H and O–H groups in total. The predicted octanol–water partition coefficient (Wildman–Crippen LogP) is 7.48. The van der Waals surface area contributed by atoms with Crippen molar-refractivity contribution < 1.29 is 38.1 Å². The molecule has 12 heteroatoms. The molecule has 0 amide bonds. The van der Waals surface area contributed by atoms with Gasteiger partial charge in [-0.2, -0.15) is 0 Å². The van der Waals surface area contributed by atoms with Crippen LogP contribution in [0.3, 0.4) is 0 Å². The second kappa shape index (κ2) is 16.0. The maximum absolute atomic E-state index is 14.0. The SMILES string of the molecule is C=CC1=C(C)c2cc3[nH]c(cc4nc(cc5[nH]c(cc1n2)c(C)c5CCC(=O)OC)C(CCC(=O)OC)=C4C)C1=CC=C(C(=O)OCC)C(C(=O)OCC)C13C. The molecule has 8 bridgehead atoms. The van der Waals surface area contributed by atoms with Crippen molar-refractivity contribution in [2.45, 2.75) is 72.6 Å². The zero-order valence-corrected chi connectivity index (χ0v) is 33.2. The van der Waals surface area contributed by atoms with Gasteiger partial charge in [-0.25, -0.2) is 14.8 Å². The largest absolute Gasteiger partial charge is 0.469 e. The van der Waals surface area contributed by atoms with E-state index in [4.69, 9.17) is 28.9 Å². The molecule has 0 aromatic carbocycles. The monoisotopic (exact) mass is 760 g/mol. The summed E-state index contributed by atoms with van der Waals surface area (Å²) >= 11 is 0. The van der Waals surface area contributed by atoms with Crippen LogP contribution in [0.25, 0.3) is 38.9 Å². The van der Waals surface area contributed by atoms with E-state index in [1.165, 1.54) is 14.2 Å². The Morgan fingerprint density at radius 3 is 2.11 bits per heavy atom. The molecule has 56 heavy (non-hydrogen) atoms. The number of allylic oxidation sites excluding steroid dienone is 8. The molecule has 5 heterocycles. The van der Waals surface area contributed by atoms with Crippen LogP contribution in [-0.2, 0) is 50.0 Å². The maximum Gasteiger partial charge on any atom is 0.334 e. The molecule has 2 aromatic rings. The Hall–Kier alpha value is -6.04. The first kappa shape index (κ1) is 39.6. The summed E-state index contributed by atoms with van der Waals surface area (Å²) in [4.78, 5) is 69.6. The minimum atomic E-state index is -1.12. The second-order valence-corrected chi connectivity index (χ2v) is 14.2. The molecule has 0 saturated carbocycles. The molecule has 2 atom stereocenters. The number of methoxy groups -OCH3 is 2. The second-order valence-electron chi connectivity index (χ2n) is 14.2. The highest BCUT2D eigenvalue weighted by Gasteiger charge is 2.53. The third-order valence-corrected chi connectivity index (χ3v) is 11.1. The quantitative estimate of drug-likeness (QED) is 0.174. The Labute approximate surface area is 326 Å². The van der Waals surface area contributed by atoms with Crippen molar-refractivity contribution >= 4 is 62.8 Å². The Morgan fingerprint density at radius 2 is 1.45 bits per heavy atom. The van der Waals surface area contributed by atoms with Gasteiger partial charge in [-0.05, 0) is 112 Å². The van der Waals surface area contributed by atoms with E-state index in [-0.39, 0.29) is 43.6 Å². The highest BCUT2D eigenvalue weighted by atomic mass is 16.5. The summed E-state index contributed by atoms with van der Waals surface area (Å²) in [5, 5.41) is 0. The number of esters is 4. The molecule has 2 aromatic heterocycles. The summed E-state index contributed by atoms with van der Waals surface area (Å²) in [6.45, 7) is 15.7. The van der Waals surface area contributed by atoms with Gasteiger partial charge in [0.25, 0.3) is 0 Å². The minimum absolute atomic E-state index is 0.121. The number of nitrogens with zero attached hydrogens (tertiary/aromatic N) is 2. The van der Waals surface area contributed by atoms with Crippen LogP contribution in [0.15, 0.2) is 54.6 Å². The molecule has 0 radical (unpaired) electrons. The predicted molar refractivity (Wildman–Crippen MR) is 214 cm³/mol. The first-order chi connectivity index (χ1) is 26.8. The molecule has 4 aliphatic rings. The van der Waals surface area contributed by atoms with Gasteiger partial charge in [0, 0.05) is 40.8 Å². The number of hydrogen-bond donors (Lipinski definition) is 2. The van der Waals surface area contributed by atoms with Crippen molar-refractivity contribution in [1.82, 2.24) is 19.9 Å². The lowest BCUT2D eigenvalue weighted by Gasteiger charge is -2.37. The van der Waals surface area contributed by atoms with Crippen LogP contribution in [0.5, 0.6) is 0 Å². The lowest BCUT2D eigenvalue weighted by atomic mass is 9.64. The van der Waals surface area contributed by atoms with Gasteiger partial charge in [0.2, 0.25) is 0 Å². The number of ether oxygens (including phenoxy) is 4. The maximum atomic E-state index is 14.0. The van der Waals surface area contributed by atoms with E-state index in [1.54, 1.807) is 26.0 Å². The lowest BCUT2D eigenvalue weighted by Crippen LogP contribution is -2.42. The van der Waals surface area contributed by atoms with Crippen molar-refractivity contribution in [2.75, 3.05) is 27.4 Å². The van der Waals surface area contributed by atoms with Crippen molar-refractivity contribution in [1.29, 1.82) is 0 Å². The van der Waals surface area contributed by atoms with Crippen molar-refractivity contribution in [2.24, 2.45) is 5.92 Å². The summed E-state index contributed by atoms with van der Waals surface area (Å²) in [7, 11) is 2.74. The van der Waals surface area contributed by atoms with E-state index in [0.717, 1.165) is 50.0 Å². The number of rotatable bonds is 11. The topological polar surface area (TPSA) is 163 Å². The van der Waals surface area contributed by atoms with Gasteiger partial charge in [0.1, 0.15) is 5.92 Å². The first-order valence-electron chi connectivity index (χ1n) is 18.8. The normalized spacial score (nSPS) is 18.0. The van der Waals surface area contributed by atoms with E-state index in [9.17, 15) is 19.2 Å². The molecule has 3 aliphatic heterocycles. The summed E-state index contributed by atoms with van der Waals surface area (Å²) in [5.74, 6) is -2.87. The summed E-state index contributed by atoms with van der Waals surface area (Å²) in [6, 6.07) is 7.77. The van der Waals surface area contributed by atoms with Gasteiger partial charge in [0.15, 0.2) is 0 Å². The molecule has 2 unspecified atom stereocenters. The van der Waals surface area contributed by atoms with Crippen LogP contribution in [-0.4, -0.2) is 71.2 Å². The standard InChI is InChI=1S/C44H48N4O8/c1-10-26-23(4)33-22-38-44(7)30(16-13-29(42(51)55-11-2)41(44)43(52)56-12-3)37(48-38)20-32-25(6)28(15-18-40(50)54-9)36(46-32)21-35-27(14-17-39(49)53-8)24(5)31(45-35)19-34(26)47-33/h10,13,16,19-22,41,45,48H,1,11-12,14-15,17-18H2,2-9H3. The van der Waals surface area contributed by atoms with E-state index < -0.39 is 23.3 Å². The van der Waals surface area contributed by atoms with Crippen LogP contribution in [0.2, 0.25) is 0 Å². The molecule has 12 nitrogen and oxygen atoms in total. The van der Waals surface area contributed by atoms with Crippen LogP contribution < -0.4 is 0 Å². The molecule has 0 fully saturated rings. The van der Waals surface area contributed by atoms with Gasteiger partial charge in [-0.1, -0.05) is 24.8 Å². The number of carbonyl (C=O) groups is 4. The zero-order chi connectivity index (χ0) is 40.5. The third-order valence-electron chi connectivity index (χ3n) is 11.1. The van der Waals surface area contributed by atoms with E-state index >= 15 is 0 Å². The molecule has 1 aliphatic carbocycles. The Balaban J connectivity index is 1.73. The van der Waals surface area contributed by atoms with Crippen molar-refractivity contribution in [3.8, 4) is 0 Å². The van der Waals surface area contributed by atoms with Crippen molar-refractivity contribution in [3.63, 3.8) is 0 Å². The Morgan fingerprint density at radius 1 is 0.804 bits per heavy atom. The number of carbonyl (C=O) groups excluding carboxylic acids is 4. The molecule has 0 saturated heterocycles. The van der Waals surface area contributed by atoms with Gasteiger partial charge < -0.3 is 28.9 Å². The van der Waals surface area contributed by atoms with Gasteiger partial charge >= 0.3 is 23.9 Å². The number of fused-ring (bicyclic) bond motifs is 11. The van der Waals surface area contributed by atoms with Gasteiger partial charge in [-0.3, -0.25) is 14.4 Å². The number of aryl methyl sites for hydroxylation is 2. The third kappa shape index (κ3) is 7.00. The fourth-order valence-electron chi connectivity index (χ4n) is 8.00. The molecule has 0 spiro atoms. The van der Waals surface area contributed by atoms with Crippen LogP contribution in [0.1, 0.15) is 99.2 Å². The average molecular weight is 761 g/mol. The van der Waals surface area contributed by atoms with E-state index in [0.29, 0.717) is 47.0 Å². The number of aromatic nitrogens is 4. The zero-order valence-electron chi connectivity index (χ0n) is 33.2. The van der Waals surface area contributed by atoms with Crippen LogP contribution in [0.4, 0.5) is 0 Å². The first-order valence-corrected chi connectivity index (χ1v) is 18.8. The number of nitrogens with one attached hydrogen (secondary N) is 2. The Bertz CT molecular complexity index is 2370. The molecular formula is C44H48N4O8. The molecule has 292 valence electrons. The lowest BCUT2D eigenvalue weighted by molar-refractivity contribution is -0.151. The number of hydrogen-bond acceptors (Lipinski definition) is 10. The highest BCUT2D eigenvalue weighted by molar-refractivity contribution is 6.02. The summed E-state index contributed by atoms with van der Waals surface area (Å²) in [5.41, 5.74) is 10.6. The fraction of sp³-hybridized carbons (Fsp3) is 0.364. The minimum Gasteiger partial charge on any atom is -0.469 e. The summed E-state index contributed by atoms with van der Waals surface area (Å²) < 4.78 is 21.1. The van der Waals surface area contributed by atoms with Gasteiger partial charge in [0.05, 0.1) is 61.2 Å². The van der Waals surface area contributed by atoms with E-state index in [1.807, 2.05) is 58.0 Å². The molecular weight excluding hydrogens is 713 g/mol. The summed E-state index contributed by atoms with van der Waals surface area (Å²) in [6.07, 6.45) is 6.36. The van der Waals surface area contributed by atoms with Crippen molar-refractivity contribution in [3.05, 3.63) is 99.9 Å². The average Bonchev–Trinajstić information content (AvgIpc) is 3.83. The molecule has 6 rings (SSSR count). The number of aromatic amines is 2. The smallest absolute Gasteiger partial charge is 0.334 e. The fourth-order valence-corrected chi connectivity index (χ4v) is 8.00. The van der Waals surface area contributed by atoms with E-state index in [2.05, 4.69) is 16.5 Å². The highest BCUT2D eigenvalue weighted by Crippen LogP contribution is 2.53. The Kier molecular flexibility index (Phi) is 11.3. The number of H-pyrrole nitrogens is 2.